The fourth-order valence-electron chi connectivity index (χ4n) is 1.77. The molecule has 0 aliphatic heterocycles. The van der Waals surface area contributed by atoms with Gasteiger partial charge >= 0.3 is 10.5 Å². The average molecular weight is 205 g/mol. The minimum Gasteiger partial charge on any atom is -0.540 e. The summed E-state index contributed by atoms with van der Waals surface area (Å²) in [6.45, 7) is 8.79. The van der Waals surface area contributed by atoms with Crippen LogP contribution in [0.1, 0.15) is 50.7 Å². The fraction of sp³-hybridized carbons (Fsp3) is 0.500. The van der Waals surface area contributed by atoms with E-state index in [1.54, 1.807) is 0 Å². The number of rotatable bonds is 3. The lowest BCUT2D eigenvalue weighted by Crippen LogP contribution is -2.02. The highest BCUT2D eigenvalue weighted by Crippen LogP contribution is 2.33. The molecule has 75 valence electrons. The van der Waals surface area contributed by atoms with Crippen molar-refractivity contribution in [1.29, 1.82) is 0 Å². The summed E-state index contributed by atoms with van der Waals surface area (Å²) in [6, 6.07) is 6.21. The zero-order chi connectivity index (χ0) is 10.7. The lowest BCUT2D eigenvalue weighted by atomic mass is 9.90. The molecule has 1 rings (SSSR count). The van der Waals surface area contributed by atoms with E-state index in [1.807, 2.05) is 12.1 Å². The van der Waals surface area contributed by atoms with Crippen LogP contribution < -0.4 is 4.43 Å². The quantitative estimate of drug-likeness (QED) is 0.687. The normalized spacial score (nSPS) is 11.1. The molecule has 0 aliphatic carbocycles. The summed E-state index contributed by atoms with van der Waals surface area (Å²) in [4.78, 5) is 0. The molecule has 1 nitrogen and oxygen atoms in total. The second-order valence-corrected chi connectivity index (χ2v) is 4.37. The molecule has 0 bridgehead atoms. The van der Waals surface area contributed by atoms with Gasteiger partial charge in [-0.1, -0.05) is 39.8 Å². The van der Waals surface area contributed by atoms with E-state index < -0.39 is 0 Å². The first kappa shape index (κ1) is 11.3. The minimum atomic E-state index is 0.486. The minimum absolute atomic E-state index is 0.486. The molecule has 0 saturated heterocycles. The molecule has 0 fully saturated rings. The first-order valence-electron chi connectivity index (χ1n) is 5.04. The molecular weight excluding hydrogens is 188 g/mol. The Labute approximate surface area is 90.0 Å². The predicted molar refractivity (Wildman–Crippen MR) is 61.0 cm³/mol. The van der Waals surface area contributed by atoms with Crippen LogP contribution in [0.5, 0.6) is 5.75 Å². The third-order valence-corrected chi connectivity index (χ3v) is 2.63. The summed E-state index contributed by atoms with van der Waals surface area (Å²) >= 11 is 0. The van der Waals surface area contributed by atoms with Gasteiger partial charge in [0.15, 0.2) is 0 Å². The molecule has 2 heteroatoms. The van der Waals surface area contributed by atoms with Crippen molar-refractivity contribution in [3.8, 4) is 5.75 Å². The Hall–Kier alpha value is -0.763. The van der Waals surface area contributed by atoms with Crippen LogP contribution in [-0.2, 0) is 0 Å². The molecule has 0 amide bonds. The second-order valence-electron chi connectivity index (χ2n) is 4.17. The standard InChI is InChI=1S/C12H17OSi/c1-8(2)10-6-5-7-11(13-14)12(10)9(3)4/h5-9H,1-4H3. The molecule has 0 atom stereocenters. The van der Waals surface area contributed by atoms with Crippen molar-refractivity contribution < 1.29 is 4.43 Å². The van der Waals surface area contributed by atoms with Gasteiger partial charge in [-0.2, -0.15) is 0 Å². The predicted octanol–water partition coefficient (Wildman–Crippen LogP) is 3.40. The molecule has 0 aromatic heterocycles. The summed E-state index contributed by atoms with van der Waals surface area (Å²) in [5, 5.41) is 0. The van der Waals surface area contributed by atoms with Gasteiger partial charge in [0.2, 0.25) is 0 Å². The fourth-order valence-corrected chi connectivity index (χ4v) is 1.95. The summed E-state index contributed by atoms with van der Waals surface area (Å²) in [7, 11) is 3.11. The largest absolute Gasteiger partial charge is 0.540 e. The van der Waals surface area contributed by atoms with Crippen molar-refractivity contribution in [3.63, 3.8) is 0 Å². The summed E-state index contributed by atoms with van der Waals surface area (Å²) < 4.78 is 5.20. The Balaban J connectivity index is 3.28. The highest BCUT2D eigenvalue weighted by Gasteiger charge is 2.13. The summed E-state index contributed by atoms with van der Waals surface area (Å²) in [6.07, 6.45) is 0. The van der Waals surface area contributed by atoms with Crippen LogP contribution in [0.15, 0.2) is 18.2 Å². The Bertz CT molecular complexity index is 305. The third kappa shape index (κ3) is 2.18. The summed E-state index contributed by atoms with van der Waals surface area (Å²) in [5.41, 5.74) is 2.67. The van der Waals surface area contributed by atoms with Crippen molar-refractivity contribution in [3.05, 3.63) is 29.3 Å². The molecular formula is C12H17OSi. The monoisotopic (exact) mass is 205 g/mol. The van der Waals surface area contributed by atoms with Crippen molar-refractivity contribution in [1.82, 2.24) is 0 Å². The van der Waals surface area contributed by atoms with E-state index in [4.69, 9.17) is 4.43 Å². The van der Waals surface area contributed by atoms with Gasteiger partial charge in [0, 0.05) is 0 Å². The van der Waals surface area contributed by atoms with Gasteiger partial charge < -0.3 is 4.43 Å². The Morgan fingerprint density at radius 2 is 1.71 bits per heavy atom. The van der Waals surface area contributed by atoms with Crippen LogP contribution in [-0.4, -0.2) is 10.5 Å². The van der Waals surface area contributed by atoms with E-state index in [-0.39, 0.29) is 0 Å². The molecule has 0 N–H and O–H groups in total. The maximum atomic E-state index is 5.20. The molecule has 0 saturated carbocycles. The number of hydrogen-bond acceptors (Lipinski definition) is 1. The van der Waals surface area contributed by atoms with E-state index in [0.717, 1.165) is 5.75 Å². The highest BCUT2D eigenvalue weighted by molar-refractivity contribution is 6.00. The van der Waals surface area contributed by atoms with E-state index in [1.165, 1.54) is 11.1 Å². The third-order valence-electron chi connectivity index (χ3n) is 2.41. The molecule has 14 heavy (non-hydrogen) atoms. The molecule has 3 radical (unpaired) electrons. The average Bonchev–Trinajstić information content (AvgIpc) is 2.16. The molecule has 1 aromatic rings. The van der Waals surface area contributed by atoms with Gasteiger partial charge in [0.25, 0.3) is 0 Å². The number of benzene rings is 1. The van der Waals surface area contributed by atoms with Crippen molar-refractivity contribution >= 4 is 10.5 Å². The smallest absolute Gasteiger partial charge is 0.341 e. The maximum Gasteiger partial charge on any atom is 0.341 e. The van der Waals surface area contributed by atoms with Crippen LogP contribution in [0, 0.1) is 0 Å². The van der Waals surface area contributed by atoms with Crippen molar-refractivity contribution in [2.45, 2.75) is 39.5 Å². The van der Waals surface area contributed by atoms with Gasteiger partial charge in [-0.05, 0) is 29.0 Å². The van der Waals surface area contributed by atoms with E-state index >= 15 is 0 Å². The first-order chi connectivity index (χ1) is 6.57. The zero-order valence-corrected chi connectivity index (χ0v) is 10.3. The van der Waals surface area contributed by atoms with E-state index in [9.17, 15) is 0 Å². The number of hydrogen-bond donors (Lipinski definition) is 0. The molecule has 0 unspecified atom stereocenters. The van der Waals surface area contributed by atoms with Gasteiger partial charge in [-0.3, -0.25) is 0 Å². The molecule has 0 heterocycles. The Kier molecular flexibility index (Phi) is 3.75. The van der Waals surface area contributed by atoms with Gasteiger partial charge in [0.05, 0.1) is 0 Å². The van der Waals surface area contributed by atoms with Gasteiger partial charge in [-0.15, -0.1) is 0 Å². The summed E-state index contributed by atoms with van der Waals surface area (Å²) in [5.74, 6) is 1.96. The van der Waals surface area contributed by atoms with Crippen LogP contribution in [0.4, 0.5) is 0 Å². The molecule has 0 aliphatic rings. The zero-order valence-electron chi connectivity index (χ0n) is 9.29. The SMILES string of the molecule is CC(C)c1cccc(O[Si])c1C(C)C. The van der Waals surface area contributed by atoms with E-state index in [0.29, 0.717) is 11.8 Å². The topological polar surface area (TPSA) is 9.23 Å². The van der Waals surface area contributed by atoms with Crippen LogP contribution in [0.2, 0.25) is 0 Å². The van der Waals surface area contributed by atoms with E-state index in [2.05, 4.69) is 44.2 Å². The van der Waals surface area contributed by atoms with Crippen LogP contribution in [0.3, 0.4) is 0 Å². The second kappa shape index (κ2) is 4.65. The Morgan fingerprint density at radius 3 is 2.14 bits per heavy atom. The lowest BCUT2D eigenvalue weighted by Gasteiger charge is -2.19. The first-order valence-corrected chi connectivity index (χ1v) is 5.45. The Morgan fingerprint density at radius 1 is 1.07 bits per heavy atom. The maximum absolute atomic E-state index is 5.20. The lowest BCUT2D eigenvalue weighted by molar-refractivity contribution is 0.592. The molecule has 1 aromatic carbocycles. The van der Waals surface area contributed by atoms with Crippen molar-refractivity contribution in [2.75, 3.05) is 0 Å². The molecule has 0 spiro atoms. The van der Waals surface area contributed by atoms with Crippen LogP contribution in [0.25, 0.3) is 0 Å². The highest BCUT2D eigenvalue weighted by atomic mass is 28.2. The van der Waals surface area contributed by atoms with Crippen LogP contribution >= 0.6 is 0 Å². The van der Waals surface area contributed by atoms with Gasteiger partial charge in [-0.25, -0.2) is 0 Å². The van der Waals surface area contributed by atoms with Crippen molar-refractivity contribution in [2.24, 2.45) is 0 Å². The van der Waals surface area contributed by atoms with Gasteiger partial charge in [0.1, 0.15) is 5.75 Å².